The average molecular weight is 328 g/mol. The maximum absolute atomic E-state index is 8.74. The second kappa shape index (κ2) is 9.04. The van der Waals surface area contributed by atoms with Crippen LogP contribution in [0.25, 0.3) is 0 Å². The van der Waals surface area contributed by atoms with Crippen LogP contribution < -0.4 is 0 Å². The second-order valence-corrected chi connectivity index (χ2v) is 4.03. The fourth-order valence-corrected chi connectivity index (χ4v) is 0. The Morgan fingerprint density at radius 3 is 0.438 bits per heavy atom. The molecule has 0 amide bonds. The molecule has 0 aromatic rings. The lowest BCUT2D eigenvalue weighted by molar-refractivity contribution is 0.378. The van der Waals surface area contributed by atoms with Gasteiger partial charge in [0, 0.05) is 0 Å². The molecule has 16 heteroatoms. The zero-order valence-electron chi connectivity index (χ0n) is 6.86. The predicted octanol–water partition coefficient (Wildman–Crippen LogP) is -1.85. The summed E-state index contributed by atoms with van der Waals surface area (Å²) in [6.07, 6.45) is 0. The molecule has 0 radical (unpaired) electrons. The number of hydrogen-bond acceptors (Lipinski definition) is 6. The summed E-state index contributed by atoms with van der Waals surface area (Å²) in [6, 6.07) is 0. The van der Waals surface area contributed by atoms with Gasteiger partial charge in [-0.05, 0) is 0 Å². The van der Waals surface area contributed by atoms with E-state index in [0.717, 1.165) is 0 Å². The minimum atomic E-state index is -4.67. The fraction of sp³-hybridized carbons (Fsp3) is 0. The molecule has 0 fully saturated rings. The monoisotopic (exact) mass is 328 g/mol. The van der Waals surface area contributed by atoms with E-state index in [0.29, 0.717) is 0 Å². The molecule has 0 aromatic carbocycles. The van der Waals surface area contributed by atoms with Crippen LogP contribution in [0.1, 0.15) is 0 Å². The predicted molar refractivity (Wildman–Crippen MR) is 52.9 cm³/mol. The summed E-state index contributed by atoms with van der Waals surface area (Å²) in [7, 11) is -14.0. The highest BCUT2D eigenvalue weighted by Crippen LogP contribution is 1.60. The van der Waals surface area contributed by atoms with Gasteiger partial charge in [0.1, 0.15) is 0 Å². The molecule has 0 saturated carbocycles. The van der Waals surface area contributed by atoms with Gasteiger partial charge in [0.05, 0.1) is 0 Å². The van der Waals surface area contributed by atoms with Crippen molar-refractivity contribution in [2.24, 2.45) is 0 Å². The molecule has 0 rings (SSSR count). The van der Waals surface area contributed by atoms with Crippen LogP contribution in [0.15, 0.2) is 0 Å². The van der Waals surface area contributed by atoms with Crippen LogP contribution in [0.5, 0.6) is 0 Å². The summed E-state index contributed by atoms with van der Waals surface area (Å²) < 4.78 is 94.8. The van der Waals surface area contributed by atoms with Gasteiger partial charge in [-0.3, -0.25) is 27.3 Å². The molecule has 0 aliphatic rings. The van der Waals surface area contributed by atoms with Crippen LogP contribution in [-0.2, 0) is 31.2 Å². The first kappa shape index (κ1) is 25.0. The third-order valence-electron chi connectivity index (χ3n) is 0. The zero-order chi connectivity index (χ0) is 13.5. The van der Waals surface area contributed by atoms with E-state index in [-0.39, 0.29) is 13.5 Å². The molecule has 0 atom stereocenters. The molecule has 0 heterocycles. The molecule has 104 valence electrons. The largest absolute Gasteiger partial charge is 0.394 e. The van der Waals surface area contributed by atoms with E-state index < -0.39 is 31.2 Å². The summed E-state index contributed by atoms with van der Waals surface area (Å²) in [4.78, 5) is 0. The smallest absolute Gasteiger partial charge is 0.264 e. The maximum Gasteiger partial charge on any atom is 0.394 e. The molecule has 0 aliphatic carbocycles. The Bertz CT molecular complexity index is 334. The molecule has 6 N–H and O–H groups in total. The quantitative estimate of drug-likeness (QED) is 0.269. The van der Waals surface area contributed by atoms with Crippen LogP contribution in [0, 0.1) is 0 Å². The van der Waals surface area contributed by atoms with E-state index in [1.165, 1.54) is 0 Å². The lowest BCUT2D eigenvalue weighted by atomic mass is 15.8. The van der Waals surface area contributed by atoms with E-state index in [2.05, 4.69) is 0 Å². The van der Waals surface area contributed by atoms with Crippen molar-refractivity contribution in [2.75, 3.05) is 0 Å². The highest BCUT2D eigenvalue weighted by atomic mass is 32.3. The van der Waals surface area contributed by atoms with E-state index in [4.69, 9.17) is 52.6 Å². The summed E-state index contributed by atoms with van der Waals surface area (Å²) in [6.45, 7) is 0. The number of rotatable bonds is 0. The van der Waals surface area contributed by atoms with E-state index in [1.54, 1.807) is 0 Å². The fourth-order valence-electron chi connectivity index (χ4n) is 0. The highest BCUT2D eigenvalue weighted by Gasteiger charge is 1.85. The third-order valence-corrected chi connectivity index (χ3v) is 0. The number of hydrogen-bond donors (Lipinski definition) is 6. The first-order valence-corrected chi connectivity index (χ1v) is 6.29. The minimum absolute atomic E-state index is 0. The van der Waals surface area contributed by atoms with Crippen molar-refractivity contribution < 1.29 is 52.6 Å². The van der Waals surface area contributed by atoms with Gasteiger partial charge in [-0.1, -0.05) is 0 Å². The molecule has 0 aliphatic heterocycles. The Labute approximate surface area is 97.5 Å². The van der Waals surface area contributed by atoms with Crippen molar-refractivity contribution in [1.29, 1.82) is 0 Å². The van der Waals surface area contributed by atoms with Crippen LogP contribution in [-0.4, -0.2) is 52.6 Å². The van der Waals surface area contributed by atoms with E-state index in [9.17, 15) is 0 Å². The first-order chi connectivity index (χ1) is 6.00. The van der Waals surface area contributed by atoms with Crippen molar-refractivity contribution in [3.8, 4) is 0 Å². The Balaban J connectivity index is -0.0000000655. The average Bonchev–Trinajstić information content (AvgIpc) is 1.41. The van der Waals surface area contributed by atoms with Gasteiger partial charge in [-0.25, -0.2) is 0 Å². The molecular weight excluding hydrogens is 320 g/mol. The van der Waals surface area contributed by atoms with Gasteiger partial charge in [0.2, 0.25) is 0 Å². The van der Waals surface area contributed by atoms with Crippen molar-refractivity contribution >= 4 is 44.7 Å². The van der Waals surface area contributed by atoms with Gasteiger partial charge in [-0.2, -0.15) is 38.7 Å². The molecule has 12 nitrogen and oxygen atoms in total. The van der Waals surface area contributed by atoms with Crippen LogP contribution in [0.3, 0.4) is 0 Å². The summed E-state index contributed by atoms with van der Waals surface area (Å²) in [5.41, 5.74) is 0. The normalized spacial score (nSPS) is 10.9. The first-order valence-electron chi connectivity index (χ1n) is 2.10. The summed E-state index contributed by atoms with van der Waals surface area (Å²) in [5.74, 6) is 0. The van der Waals surface area contributed by atoms with Gasteiger partial charge >= 0.3 is 31.2 Å². The van der Waals surface area contributed by atoms with Gasteiger partial charge in [-0.15, -0.1) is 0 Å². The molecule has 0 unspecified atom stereocenters. The molecule has 0 spiro atoms. The Morgan fingerprint density at radius 2 is 0.438 bits per heavy atom. The van der Waals surface area contributed by atoms with Crippen LogP contribution >= 0.6 is 13.5 Å². The lowest BCUT2D eigenvalue weighted by Gasteiger charge is -1.68. The maximum atomic E-state index is 8.74. The molecule has 0 aromatic heterocycles. The summed E-state index contributed by atoms with van der Waals surface area (Å²) >= 11 is 0. The molecule has 0 saturated heterocycles. The topological polar surface area (TPSA) is 224 Å². The lowest BCUT2D eigenvalue weighted by Crippen LogP contribution is -1.89. The van der Waals surface area contributed by atoms with E-state index >= 15 is 0 Å². The highest BCUT2D eigenvalue weighted by molar-refractivity contribution is 7.80. The van der Waals surface area contributed by atoms with Crippen molar-refractivity contribution in [1.82, 2.24) is 0 Å². The Hall–Kier alpha value is -0.0400. The van der Waals surface area contributed by atoms with Crippen molar-refractivity contribution in [3.63, 3.8) is 0 Å². The Morgan fingerprint density at radius 1 is 0.438 bits per heavy atom. The Kier molecular flexibility index (Phi) is 14.1. The third kappa shape index (κ3) is 1470000. The van der Waals surface area contributed by atoms with Crippen LogP contribution in [0.4, 0.5) is 0 Å². The molecule has 0 bridgehead atoms. The van der Waals surface area contributed by atoms with Gasteiger partial charge in [0.25, 0.3) is 0 Å². The zero-order valence-corrected chi connectivity index (χ0v) is 10.3. The van der Waals surface area contributed by atoms with Crippen molar-refractivity contribution in [2.45, 2.75) is 0 Å². The molecule has 16 heavy (non-hydrogen) atoms. The molecular formula is H8O12S4. The minimum Gasteiger partial charge on any atom is -0.264 e. The van der Waals surface area contributed by atoms with E-state index in [1.807, 2.05) is 0 Å². The second-order valence-electron chi connectivity index (χ2n) is 1.34. The van der Waals surface area contributed by atoms with Gasteiger partial charge in [0.15, 0.2) is 0 Å². The van der Waals surface area contributed by atoms with Crippen LogP contribution in [0.2, 0.25) is 0 Å². The van der Waals surface area contributed by atoms with Crippen molar-refractivity contribution in [3.05, 3.63) is 0 Å². The SMILES string of the molecule is O=S(=O)(O)O.O=S(=O)(O)O.O=S(=O)(O)O.S. The summed E-state index contributed by atoms with van der Waals surface area (Å²) in [5, 5.41) is 0. The van der Waals surface area contributed by atoms with Gasteiger partial charge < -0.3 is 0 Å². The standard InChI is InChI=1S/3H2O4S.H2S/c3*1-5(2,3)4;/h3*(H2,1,2,3,4);1H2.